The average molecular weight is 376 g/mol. The van der Waals surface area contributed by atoms with Crippen molar-refractivity contribution in [1.29, 1.82) is 0 Å². The molecule has 0 bridgehead atoms. The molecular formula is C6H7HgO4S. The fourth-order valence-corrected chi connectivity index (χ4v) is 2.06. The van der Waals surface area contributed by atoms with Crippen molar-refractivity contribution in [3.05, 3.63) is 24.3 Å². The zero-order chi connectivity index (χ0) is 8.48. The molecule has 0 aromatic heterocycles. The standard InChI is InChI=1S/C6H5O3S.Hg.H2O/c7-10(8,9)6-4-2-1-3-5-6;;/h2-5H,(H,7,8,9);;1H2. The van der Waals surface area contributed by atoms with Gasteiger partial charge in [-0.15, -0.1) is 0 Å². The summed E-state index contributed by atoms with van der Waals surface area (Å²) in [6.07, 6.45) is 0. The van der Waals surface area contributed by atoms with Crippen LogP contribution in [0.5, 0.6) is 0 Å². The molecule has 0 spiro atoms. The van der Waals surface area contributed by atoms with E-state index in [0.717, 1.165) is 3.07 Å². The second kappa shape index (κ2) is 4.31. The summed E-state index contributed by atoms with van der Waals surface area (Å²) >= 11 is 0.498. The van der Waals surface area contributed by atoms with Crippen LogP contribution in [0, 0.1) is 0 Å². The number of hydrogen-bond donors (Lipinski definition) is 1. The van der Waals surface area contributed by atoms with E-state index in [9.17, 15) is 8.42 Å². The second-order valence-electron chi connectivity index (χ2n) is 2.12. The summed E-state index contributed by atoms with van der Waals surface area (Å²) in [5.74, 6) is 0. The first kappa shape index (κ1) is 12.0. The zero-order valence-corrected chi connectivity index (χ0v) is 12.5. The van der Waals surface area contributed by atoms with Crippen LogP contribution in [0.1, 0.15) is 0 Å². The van der Waals surface area contributed by atoms with Gasteiger partial charge in [-0.25, -0.2) is 0 Å². The first-order valence-corrected chi connectivity index (χ1v) is 7.08. The molecular weight excluding hydrogens is 369 g/mol. The Morgan fingerprint density at radius 3 is 1.92 bits per heavy atom. The van der Waals surface area contributed by atoms with E-state index >= 15 is 0 Å². The van der Waals surface area contributed by atoms with Crippen LogP contribution in [-0.2, 0) is 36.2 Å². The third-order valence-corrected chi connectivity index (χ3v) is 3.92. The molecule has 4 nitrogen and oxygen atoms in total. The number of rotatable bonds is 1. The van der Waals surface area contributed by atoms with Gasteiger partial charge in [-0.05, 0) is 0 Å². The fraction of sp³-hybridized carbons (Fsp3) is 0. The molecule has 0 saturated heterocycles. The van der Waals surface area contributed by atoms with Crippen LogP contribution >= 0.6 is 0 Å². The SMILES string of the molecule is O.O=S(=O)(O)c1cc[c]([Hg])cc1. The zero-order valence-electron chi connectivity index (χ0n) is 6.19. The molecule has 0 amide bonds. The van der Waals surface area contributed by atoms with Crippen LogP contribution in [0.4, 0.5) is 0 Å². The van der Waals surface area contributed by atoms with Crippen LogP contribution in [0.25, 0.3) is 0 Å². The van der Waals surface area contributed by atoms with Crippen molar-refractivity contribution in [1.82, 2.24) is 0 Å². The van der Waals surface area contributed by atoms with Crippen molar-refractivity contribution in [3.8, 4) is 0 Å². The summed E-state index contributed by atoms with van der Waals surface area (Å²) < 4.78 is 30.7. The van der Waals surface area contributed by atoms with Gasteiger partial charge in [-0.3, -0.25) is 0 Å². The van der Waals surface area contributed by atoms with E-state index in [-0.39, 0.29) is 10.4 Å². The predicted octanol–water partition coefficient (Wildman–Crippen LogP) is -0.719. The summed E-state index contributed by atoms with van der Waals surface area (Å²) in [7, 11) is -4.00. The van der Waals surface area contributed by atoms with Crippen molar-refractivity contribution in [2.45, 2.75) is 4.90 Å². The minimum absolute atomic E-state index is 0. The van der Waals surface area contributed by atoms with Crippen molar-refractivity contribution >= 4 is 13.2 Å². The molecule has 6 heteroatoms. The molecule has 0 atom stereocenters. The first-order chi connectivity index (χ1) is 5.00. The third-order valence-electron chi connectivity index (χ3n) is 1.22. The molecule has 12 heavy (non-hydrogen) atoms. The van der Waals surface area contributed by atoms with E-state index in [1.807, 2.05) is 0 Å². The van der Waals surface area contributed by atoms with E-state index in [2.05, 4.69) is 0 Å². The molecule has 0 saturated carbocycles. The summed E-state index contributed by atoms with van der Waals surface area (Å²) in [5, 5.41) is 0. The van der Waals surface area contributed by atoms with Gasteiger partial charge >= 0.3 is 81.4 Å². The fourth-order valence-electron chi connectivity index (χ4n) is 0.661. The molecule has 1 aromatic carbocycles. The normalized spacial score (nSPS) is 10.6. The van der Waals surface area contributed by atoms with Crippen LogP contribution in [0.15, 0.2) is 29.2 Å². The van der Waals surface area contributed by atoms with Crippen LogP contribution < -0.4 is 3.07 Å². The summed E-state index contributed by atoms with van der Waals surface area (Å²) in [6, 6.07) is 6.26. The molecule has 1 aromatic rings. The molecule has 1 rings (SSSR count). The maximum absolute atomic E-state index is 10.5. The molecule has 0 aliphatic carbocycles. The van der Waals surface area contributed by atoms with Gasteiger partial charge in [0.1, 0.15) is 0 Å². The molecule has 0 unspecified atom stereocenters. The predicted molar refractivity (Wildman–Crippen MR) is 39.5 cm³/mol. The van der Waals surface area contributed by atoms with Gasteiger partial charge in [0.15, 0.2) is 0 Å². The van der Waals surface area contributed by atoms with Crippen LogP contribution in [0.2, 0.25) is 0 Å². The van der Waals surface area contributed by atoms with Gasteiger partial charge in [0.25, 0.3) is 0 Å². The molecule has 0 fully saturated rings. The first-order valence-electron chi connectivity index (χ1n) is 2.89. The number of benzene rings is 1. The van der Waals surface area contributed by atoms with Gasteiger partial charge in [0.05, 0.1) is 0 Å². The molecule has 63 valence electrons. The van der Waals surface area contributed by atoms with E-state index in [0.29, 0.717) is 26.1 Å². The Morgan fingerprint density at radius 1 is 1.17 bits per heavy atom. The molecule has 0 heterocycles. The Kier molecular flexibility index (Phi) is 4.32. The summed E-state index contributed by atoms with van der Waals surface area (Å²) in [6.45, 7) is 0. The van der Waals surface area contributed by atoms with Gasteiger partial charge in [-0.2, -0.15) is 0 Å². The summed E-state index contributed by atoms with van der Waals surface area (Å²) in [4.78, 5) is -0.0355. The monoisotopic (exact) mass is 377 g/mol. The Bertz CT molecular complexity index is 342. The van der Waals surface area contributed by atoms with Crippen molar-refractivity contribution in [2.24, 2.45) is 0 Å². The van der Waals surface area contributed by atoms with Crippen molar-refractivity contribution in [3.63, 3.8) is 0 Å². The van der Waals surface area contributed by atoms with Gasteiger partial charge in [0, 0.05) is 0 Å². The average Bonchev–Trinajstić information content (AvgIpc) is 1.86. The molecule has 0 aliphatic heterocycles. The van der Waals surface area contributed by atoms with E-state index in [4.69, 9.17) is 4.55 Å². The minimum atomic E-state index is -4.00. The van der Waals surface area contributed by atoms with E-state index in [1.165, 1.54) is 12.1 Å². The van der Waals surface area contributed by atoms with Gasteiger partial charge in [-0.1, -0.05) is 0 Å². The Balaban J connectivity index is 0.00000121. The van der Waals surface area contributed by atoms with Crippen LogP contribution in [-0.4, -0.2) is 18.4 Å². The Morgan fingerprint density at radius 2 is 1.58 bits per heavy atom. The Hall–Kier alpha value is 0.0251. The maximum atomic E-state index is 10.5. The molecule has 0 radical (unpaired) electrons. The van der Waals surface area contributed by atoms with E-state index < -0.39 is 10.1 Å². The quantitative estimate of drug-likeness (QED) is 0.519. The molecule has 3 N–H and O–H groups in total. The number of hydrogen-bond acceptors (Lipinski definition) is 2. The second-order valence-corrected chi connectivity index (χ2v) is 6.71. The van der Waals surface area contributed by atoms with E-state index in [1.54, 1.807) is 12.1 Å². The van der Waals surface area contributed by atoms with Gasteiger partial charge < -0.3 is 5.48 Å². The third kappa shape index (κ3) is 3.18. The summed E-state index contributed by atoms with van der Waals surface area (Å²) in [5.41, 5.74) is 0. The van der Waals surface area contributed by atoms with Crippen molar-refractivity contribution in [2.75, 3.05) is 0 Å². The topological polar surface area (TPSA) is 85.9 Å². The van der Waals surface area contributed by atoms with Gasteiger partial charge in [0.2, 0.25) is 0 Å². The van der Waals surface area contributed by atoms with Crippen molar-refractivity contribution < 1.29 is 44.6 Å². The van der Waals surface area contributed by atoms with Crippen LogP contribution in [0.3, 0.4) is 0 Å². The Labute approximate surface area is 86.6 Å². The molecule has 0 aliphatic rings.